The van der Waals surface area contributed by atoms with Crippen molar-refractivity contribution in [3.63, 3.8) is 0 Å². The van der Waals surface area contributed by atoms with Gasteiger partial charge in [0.2, 0.25) is 5.91 Å². The largest absolute Gasteiger partial charge is 0.339 e. The lowest BCUT2D eigenvalue weighted by Gasteiger charge is -2.38. The first kappa shape index (κ1) is 23.8. The molecule has 1 aliphatic heterocycles. The van der Waals surface area contributed by atoms with Crippen LogP contribution < -0.4 is 16.4 Å². The van der Waals surface area contributed by atoms with E-state index in [1.807, 2.05) is 41.1 Å². The smallest absolute Gasteiger partial charge is 0.318 e. The summed E-state index contributed by atoms with van der Waals surface area (Å²) in [5, 5.41) is 6.82. The Labute approximate surface area is 190 Å². The second-order valence-corrected chi connectivity index (χ2v) is 9.05. The number of hydrogen-bond donors (Lipinski definition) is 3. The molecule has 0 aromatic heterocycles. The monoisotopic (exact) mass is 449 g/mol. The van der Waals surface area contributed by atoms with Crippen molar-refractivity contribution in [1.29, 1.82) is 0 Å². The number of nitrogens with one attached hydrogen (secondary N) is 2. The van der Waals surface area contributed by atoms with Crippen LogP contribution in [0.4, 0.5) is 4.79 Å². The van der Waals surface area contributed by atoms with E-state index in [2.05, 4.69) is 10.6 Å². The van der Waals surface area contributed by atoms with Crippen molar-refractivity contribution in [2.75, 3.05) is 33.2 Å². The molecule has 2 fully saturated rings. The van der Waals surface area contributed by atoms with Gasteiger partial charge < -0.3 is 26.2 Å². The minimum absolute atomic E-state index is 0.0389. The van der Waals surface area contributed by atoms with Gasteiger partial charge in [-0.1, -0.05) is 43.0 Å². The molecule has 2 aliphatic rings. The predicted octanol–water partition coefficient (Wildman–Crippen LogP) is 2.37. The Kier molecular flexibility index (Phi) is 8.99. The van der Waals surface area contributed by atoms with Gasteiger partial charge in [-0.05, 0) is 50.4 Å². The highest BCUT2D eigenvalue weighted by atomic mass is 35.5. The van der Waals surface area contributed by atoms with E-state index >= 15 is 0 Å². The van der Waals surface area contributed by atoms with Crippen molar-refractivity contribution in [2.45, 2.75) is 63.1 Å². The van der Waals surface area contributed by atoms with Gasteiger partial charge in [-0.3, -0.25) is 4.79 Å². The third-order valence-corrected chi connectivity index (χ3v) is 6.74. The Morgan fingerprint density at radius 1 is 1.16 bits per heavy atom. The van der Waals surface area contributed by atoms with Crippen LogP contribution in [0.1, 0.15) is 44.1 Å². The summed E-state index contributed by atoms with van der Waals surface area (Å²) in [5.74, 6) is 0.0888. The minimum atomic E-state index is -0.297. The number of nitrogens with two attached hydrogens (primary N) is 1. The molecule has 1 saturated carbocycles. The molecule has 172 valence electrons. The summed E-state index contributed by atoms with van der Waals surface area (Å²) in [4.78, 5) is 30.1. The van der Waals surface area contributed by atoms with Crippen LogP contribution >= 0.6 is 11.6 Å². The number of likely N-dealkylation sites (N-methyl/N-ethyl adjacent to an activating group) is 1. The molecule has 1 aliphatic carbocycles. The van der Waals surface area contributed by atoms with Crippen molar-refractivity contribution in [2.24, 2.45) is 5.73 Å². The summed E-state index contributed by atoms with van der Waals surface area (Å²) < 4.78 is 0. The van der Waals surface area contributed by atoms with E-state index in [9.17, 15) is 9.59 Å². The van der Waals surface area contributed by atoms with Crippen LogP contribution in [0.5, 0.6) is 0 Å². The van der Waals surface area contributed by atoms with E-state index in [1.54, 1.807) is 0 Å². The topological polar surface area (TPSA) is 90.7 Å². The second kappa shape index (κ2) is 11.7. The lowest BCUT2D eigenvalue weighted by molar-refractivity contribution is -0.132. The van der Waals surface area contributed by atoms with Crippen molar-refractivity contribution in [1.82, 2.24) is 20.4 Å². The number of carbonyl (C=O) groups is 2. The molecule has 1 heterocycles. The summed E-state index contributed by atoms with van der Waals surface area (Å²) >= 11 is 5.98. The summed E-state index contributed by atoms with van der Waals surface area (Å²) in [7, 11) is 1.82. The van der Waals surface area contributed by atoms with Gasteiger partial charge in [0, 0.05) is 37.2 Å². The molecule has 31 heavy (non-hydrogen) atoms. The van der Waals surface area contributed by atoms with E-state index in [1.165, 1.54) is 6.42 Å². The maximum atomic E-state index is 13.2. The predicted molar refractivity (Wildman–Crippen MR) is 124 cm³/mol. The highest BCUT2D eigenvalue weighted by Gasteiger charge is 2.38. The van der Waals surface area contributed by atoms with Gasteiger partial charge in [-0.25, -0.2) is 4.79 Å². The van der Waals surface area contributed by atoms with E-state index in [0.717, 1.165) is 37.7 Å². The van der Waals surface area contributed by atoms with Crippen LogP contribution in [0.15, 0.2) is 24.3 Å². The van der Waals surface area contributed by atoms with Crippen molar-refractivity contribution in [3.8, 4) is 0 Å². The molecule has 1 saturated heterocycles. The normalized spacial score (nSPS) is 20.5. The number of likely N-dealkylation sites (tertiary alicyclic amines) is 1. The van der Waals surface area contributed by atoms with Crippen molar-refractivity contribution < 1.29 is 9.59 Å². The number of nitrogens with zero attached hydrogens (tertiary/aromatic N) is 2. The SMILES string of the molecule is CN[C@H](Cc1ccc(Cl)cc1)C(=O)N1CCC(N(C(=O)NCCN)C2CCCCC2)C1. The Hall–Kier alpha value is -1.83. The highest BCUT2D eigenvalue weighted by Crippen LogP contribution is 2.28. The molecule has 3 rings (SSSR count). The van der Waals surface area contributed by atoms with Gasteiger partial charge >= 0.3 is 6.03 Å². The fraction of sp³-hybridized carbons (Fsp3) is 0.652. The molecular weight excluding hydrogens is 414 g/mol. The van der Waals surface area contributed by atoms with E-state index in [-0.39, 0.29) is 30.1 Å². The summed E-state index contributed by atoms with van der Waals surface area (Å²) in [6.45, 7) is 2.16. The quantitative estimate of drug-likeness (QED) is 0.568. The van der Waals surface area contributed by atoms with Crippen LogP contribution in [0.25, 0.3) is 0 Å². The number of hydrogen-bond acceptors (Lipinski definition) is 4. The molecule has 2 atom stereocenters. The Morgan fingerprint density at radius 2 is 1.87 bits per heavy atom. The third-order valence-electron chi connectivity index (χ3n) is 6.49. The third kappa shape index (κ3) is 6.34. The lowest BCUT2D eigenvalue weighted by Crippen LogP contribution is -2.54. The number of halogens is 1. The Bertz CT molecular complexity index is 723. The molecule has 4 N–H and O–H groups in total. The number of amides is 3. The molecule has 1 aromatic rings. The van der Waals surface area contributed by atoms with Crippen LogP contribution in [0, 0.1) is 0 Å². The number of benzene rings is 1. The lowest BCUT2D eigenvalue weighted by atomic mass is 9.93. The van der Waals surface area contributed by atoms with Gasteiger partial charge in [0.25, 0.3) is 0 Å². The highest BCUT2D eigenvalue weighted by molar-refractivity contribution is 6.30. The molecule has 0 radical (unpaired) electrons. The fourth-order valence-electron chi connectivity index (χ4n) is 4.82. The molecule has 0 bridgehead atoms. The average Bonchev–Trinajstić information content (AvgIpc) is 3.27. The molecular formula is C23H36ClN5O2. The molecule has 1 unspecified atom stereocenters. The Balaban J connectivity index is 1.65. The standard InChI is InChI=1S/C23H36ClN5O2/c1-26-21(15-17-7-9-18(24)10-8-17)22(30)28-14-11-20(16-28)29(23(31)27-13-12-25)19-5-3-2-4-6-19/h7-10,19-21,26H,2-6,11-16,25H2,1H3,(H,27,31)/t20?,21-/m1/s1. The Morgan fingerprint density at radius 3 is 2.52 bits per heavy atom. The minimum Gasteiger partial charge on any atom is -0.339 e. The number of carbonyl (C=O) groups excluding carboxylic acids is 2. The molecule has 3 amide bonds. The summed E-state index contributed by atoms with van der Waals surface area (Å²) in [6, 6.07) is 7.58. The van der Waals surface area contributed by atoms with Crippen LogP contribution in [-0.4, -0.2) is 73.1 Å². The van der Waals surface area contributed by atoms with Crippen LogP contribution in [0.3, 0.4) is 0 Å². The second-order valence-electron chi connectivity index (χ2n) is 8.62. The molecule has 8 heteroatoms. The van der Waals surface area contributed by atoms with E-state index in [4.69, 9.17) is 17.3 Å². The first-order valence-electron chi connectivity index (χ1n) is 11.5. The maximum Gasteiger partial charge on any atom is 0.318 e. The zero-order chi connectivity index (χ0) is 22.2. The van der Waals surface area contributed by atoms with Crippen molar-refractivity contribution >= 4 is 23.5 Å². The first-order valence-corrected chi connectivity index (χ1v) is 11.9. The number of rotatable bonds is 8. The molecule has 7 nitrogen and oxygen atoms in total. The van der Waals surface area contributed by atoms with Crippen molar-refractivity contribution in [3.05, 3.63) is 34.9 Å². The number of urea groups is 1. The zero-order valence-electron chi connectivity index (χ0n) is 18.5. The van der Waals surface area contributed by atoms with Gasteiger partial charge in [0.15, 0.2) is 0 Å². The van der Waals surface area contributed by atoms with Gasteiger partial charge in [0.05, 0.1) is 12.1 Å². The van der Waals surface area contributed by atoms with Crippen LogP contribution in [-0.2, 0) is 11.2 Å². The van der Waals surface area contributed by atoms with E-state index < -0.39 is 0 Å². The van der Waals surface area contributed by atoms with Crippen LogP contribution in [0.2, 0.25) is 5.02 Å². The average molecular weight is 450 g/mol. The maximum absolute atomic E-state index is 13.2. The van der Waals surface area contributed by atoms with Gasteiger partial charge in [-0.15, -0.1) is 0 Å². The molecule has 0 spiro atoms. The van der Waals surface area contributed by atoms with Gasteiger partial charge in [0.1, 0.15) is 0 Å². The summed E-state index contributed by atoms with van der Waals surface area (Å²) in [6.07, 6.45) is 7.05. The van der Waals surface area contributed by atoms with E-state index in [0.29, 0.717) is 37.6 Å². The fourth-order valence-corrected chi connectivity index (χ4v) is 4.94. The van der Waals surface area contributed by atoms with Gasteiger partial charge in [-0.2, -0.15) is 0 Å². The first-order chi connectivity index (χ1) is 15.0. The molecule has 1 aromatic carbocycles. The summed E-state index contributed by atoms with van der Waals surface area (Å²) in [5.41, 5.74) is 6.66. The zero-order valence-corrected chi connectivity index (χ0v) is 19.2.